The molecule has 0 atom stereocenters. The summed E-state index contributed by atoms with van der Waals surface area (Å²) in [4.78, 5) is 14.8. The fraction of sp³-hybridized carbons (Fsp3) is 0.944. The number of amides is 1. The number of likely N-dealkylation sites (tertiary alicyclic amines) is 1. The third-order valence-corrected chi connectivity index (χ3v) is 5.62. The molecule has 1 aliphatic carbocycles. The minimum absolute atomic E-state index is 0.263. The third kappa shape index (κ3) is 4.21. The van der Waals surface area contributed by atoms with E-state index in [4.69, 9.17) is 0 Å². The smallest absolute Gasteiger partial charge is 0.223 e. The van der Waals surface area contributed by atoms with E-state index in [9.17, 15) is 4.79 Å². The monoisotopic (exact) mass is 294 g/mol. The number of rotatable bonds is 2. The Morgan fingerprint density at radius 1 is 1.10 bits per heavy atom. The summed E-state index contributed by atoms with van der Waals surface area (Å²) in [5, 5.41) is 3.08. The average Bonchev–Trinajstić information content (AvgIpc) is 2.38. The molecule has 21 heavy (non-hydrogen) atoms. The Morgan fingerprint density at radius 3 is 2.05 bits per heavy atom. The van der Waals surface area contributed by atoms with Crippen molar-refractivity contribution in [2.75, 3.05) is 13.1 Å². The summed E-state index contributed by atoms with van der Waals surface area (Å²) >= 11 is 0. The SMILES string of the molecule is CC(C)NC(=O)C1CCC2(CC1)CCN(C(C)(C)C)CC2. The fourth-order valence-corrected chi connectivity index (χ4v) is 4.05. The van der Waals surface area contributed by atoms with Gasteiger partial charge < -0.3 is 5.32 Å². The van der Waals surface area contributed by atoms with Crippen molar-refractivity contribution in [3.63, 3.8) is 0 Å². The van der Waals surface area contributed by atoms with Gasteiger partial charge in [-0.15, -0.1) is 0 Å². The summed E-state index contributed by atoms with van der Waals surface area (Å²) in [6, 6.07) is 0.267. The third-order valence-electron chi connectivity index (χ3n) is 5.62. The van der Waals surface area contributed by atoms with Crippen LogP contribution in [0.1, 0.15) is 73.1 Å². The van der Waals surface area contributed by atoms with Gasteiger partial charge in [-0.05, 0) is 91.6 Å². The zero-order valence-electron chi connectivity index (χ0n) is 14.7. The van der Waals surface area contributed by atoms with Gasteiger partial charge in [0.25, 0.3) is 0 Å². The van der Waals surface area contributed by atoms with Crippen LogP contribution in [0.4, 0.5) is 0 Å². The highest BCUT2D eigenvalue weighted by molar-refractivity contribution is 5.78. The second kappa shape index (κ2) is 6.28. The van der Waals surface area contributed by atoms with Gasteiger partial charge in [0, 0.05) is 17.5 Å². The van der Waals surface area contributed by atoms with Crippen LogP contribution in [-0.2, 0) is 4.79 Å². The molecule has 2 fully saturated rings. The van der Waals surface area contributed by atoms with Crippen LogP contribution in [0.2, 0.25) is 0 Å². The zero-order valence-corrected chi connectivity index (χ0v) is 14.7. The van der Waals surface area contributed by atoms with E-state index in [-0.39, 0.29) is 17.9 Å². The molecule has 2 aliphatic rings. The number of nitrogens with zero attached hydrogens (tertiary/aromatic N) is 1. The maximum absolute atomic E-state index is 12.1. The van der Waals surface area contributed by atoms with Gasteiger partial charge in [0.05, 0.1) is 0 Å². The van der Waals surface area contributed by atoms with Crippen LogP contribution < -0.4 is 5.32 Å². The van der Waals surface area contributed by atoms with Crippen LogP contribution in [0.25, 0.3) is 0 Å². The molecule has 0 aromatic rings. The molecule has 3 heteroatoms. The van der Waals surface area contributed by atoms with Gasteiger partial charge >= 0.3 is 0 Å². The van der Waals surface area contributed by atoms with E-state index in [2.05, 4.69) is 31.0 Å². The molecule has 1 spiro atoms. The first-order chi connectivity index (χ1) is 9.72. The van der Waals surface area contributed by atoms with Crippen molar-refractivity contribution in [2.45, 2.75) is 84.7 Å². The second-order valence-electron chi connectivity index (χ2n) is 8.60. The van der Waals surface area contributed by atoms with Crippen molar-refractivity contribution < 1.29 is 4.79 Å². The highest BCUT2D eigenvalue weighted by atomic mass is 16.1. The van der Waals surface area contributed by atoms with E-state index in [1.165, 1.54) is 38.8 Å². The standard InChI is InChI=1S/C18H34N2O/c1-14(2)19-16(21)15-6-8-18(9-7-15)10-12-20(13-11-18)17(3,4)5/h14-15H,6-13H2,1-5H3,(H,19,21). The molecule has 3 nitrogen and oxygen atoms in total. The molecule has 1 saturated heterocycles. The van der Waals surface area contributed by atoms with Crippen LogP contribution in [0.3, 0.4) is 0 Å². The Kier molecular flexibility index (Phi) is 5.02. The first-order valence-corrected chi connectivity index (χ1v) is 8.77. The topological polar surface area (TPSA) is 32.3 Å². The maximum atomic E-state index is 12.1. The van der Waals surface area contributed by atoms with E-state index in [1.54, 1.807) is 0 Å². The van der Waals surface area contributed by atoms with Crippen molar-refractivity contribution in [3.05, 3.63) is 0 Å². The lowest BCUT2D eigenvalue weighted by Crippen LogP contribution is -2.50. The second-order valence-corrected chi connectivity index (χ2v) is 8.60. The van der Waals surface area contributed by atoms with Gasteiger partial charge in [-0.1, -0.05) is 0 Å². The molecule has 1 saturated carbocycles. The van der Waals surface area contributed by atoms with Crippen LogP contribution >= 0.6 is 0 Å². The van der Waals surface area contributed by atoms with Gasteiger partial charge in [0.15, 0.2) is 0 Å². The summed E-state index contributed by atoms with van der Waals surface area (Å²) in [6.45, 7) is 13.5. The molecule has 0 bridgehead atoms. The van der Waals surface area contributed by atoms with Gasteiger partial charge in [-0.3, -0.25) is 9.69 Å². The zero-order chi connectivity index (χ0) is 15.7. The largest absolute Gasteiger partial charge is 0.354 e. The van der Waals surface area contributed by atoms with E-state index in [1.807, 2.05) is 13.8 Å². The minimum atomic E-state index is 0.263. The molecule has 122 valence electrons. The van der Waals surface area contributed by atoms with Crippen LogP contribution in [-0.4, -0.2) is 35.5 Å². The molecule has 0 unspecified atom stereocenters. The molecule has 0 aromatic carbocycles. The highest BCUT2D eigenvalue weighted by Crippen LogP contribution is 2.47. The molecule has 1 amide bonds. The molecule has 1 heterocycles. The number of carbonyl (C=O) groups is 1. The summed E-state index contributed by atoms with van der Waals surface area (Å²) in [5.41, 5.74) is 0.840. The number of hydrogen-bond donors (Lipinski definition) is 1. The Hall–Kier alpha value is -0.570. The van der Waals surface area contributed by atoms with Gasteiger partial charge in [0.2, 0.25) is 5.91 Å². The van der Waals surface area contributed by atoms with Crippen molar-refractivity contribution in [3.8, 4) is 0 Å². The minimum Gasteiger partial charge on any atom is -0.354 e. The maximum Gasteiger partial charge on any atom is 0.223 e. The number of hydrogen-bond acceptors (Lipinski definition) is 2. The van der Waals surface area contributed by atoms with Gasteiger partial charge in [0.1, 0.15) is 0 Å². The summed E-state index contributed by atoms with van der Waals surface area (Å²) in [7, 11) is 0. The predicted octanol–water partition coefficient (Wildman–Crippen LogP) is 3.58. The summed E-state index contributed by atoms with van der Waals surface area (Å²) in [5.74, 6) is 0.547. The average molecular weight is 294 g/mol. The first kappa shape index (κ1) is 16.8. The fourth-order valence-electron chi connectivity index (χ4n) is 4.05. The molecule has 2 rings (SSSR count). The Bertz CT molecular complexity index is 352. The lowest BCUT2D eigenvalue weighted by molar-refractivity contribution is -0.127. The van der Waals surface area contributed by atoms with Crippen molar-refractivity contribution in [1.29, 1.82) is 0 Å². The van der Waals surface area contributed by atoms with Crippen molar-refractivity contribution in [2.24, 2.45) is 11.3 Å². The number of nitrogens with one attached hydrogen (secondary N) is 1. The number of piperidine rings is 1. The van der Waals surface area contributed by atoms with Crippen molar-refractivity contribution in [1.82, 2.24) is 10.2 Å². The van der Waals surface area contributed by atoms with Crippen LogP contribution in [0.5, 0.6) is 0 Å². The quantitative estimate of drug-likeness (QED) is 0.844. The predicted molar refractivity (Wildman–Crippen MR) is 88.2 cm³/mol. The van der Waals surface area contributed by atoms with Crippen LogP contribution in [0.15, 0.2) is 0 Å². The summed E-state index contributed by atoms with van der Waals surface area (Å²) in [6.07, 6.45) is 7.33. The Labute approximate surface area is 130 Å². The molecular weight excluding hydrogens is 260 g/mol. The summed E-state index contributed by atoms with van der Waals surface area (Å²) < 4.78 is 0. The molecule has 0 radical (unpaired) electrons. The molecule has 1 aliphatic heterocycles. The molecular formula is C18H34N2O. The lowest BCUT2D eigenvalue weighted by atomic mass is 9.65. The van der Waals surface area contributed by atoms with Crippen LogP contribution in [0, 0.1) is 11.3 Å². The van der Waals surface area contributed by atoms with Gasteiger partial charge in [-0.25, -0.2) is 0 Å². The van der Waals surface area contributed by atoms with E-state index >= 15 is 0 Å². The Morgan fingerprint density at radius 2 is 1.62 bits per heavy atom. The highest BCUT2D eigenvalue weighted by Gasteiger charge is 2.41. The first-order valence-electron chi connectivity index (χ1n) is 8.77. The molecule has 0 aromatic heterocycles. The van der Waals surface area contributed by atoms with Gasteiger partial charge in [-0.2, -0.15) is 0 Å². The van der Waals surface area contributed by atoms with E-state index < -0.39 is 0 Å². The molecule has 1 N–H and O–H groups in total. The van der Waals surface area contributed by atoms with Crippen molar-refractivity contribution >= 4 is 5.91 Å². The van der Waals surface area contributed by atoms with E-state index in [0.29, 0.717) is 11.0 Å². The Balaban J connectivity index is 1.83. The number of carbonyl (C=O) groups excluding carboxylic acids is 1. The lowest BCUT2D eigenvalue weighted by Gasteiger charge is -2.49. The van der Waals surface area contributed by atoms with E-state index in [0.717, 1.165) is 12.8 Å². The normalized spacial score (nSPS) is 24.5.